The Labute approximate surface area is 88.4 Å². The zero-order chi connectivity index (χ0) is 11.3. The fourth-order valence-electron chi connectivity index (χ4n) is 1.21. The van der Waals surface area contributed by atoms with Crippen molar-refractivity contribution in [3.63, 3.8) is 0 Å². The number of hydrogen-bond acceptors (Lipinski definition) is 2. The Morgan fingerprint density at radius 2 is 2.00 bits per heavy atom. The zero-order valence-electron chi connectivity index (χ0n) is 8.77. The van der Waals surface area contributed by atoms with E-state index in [0.29, 0.717) is 5.56 Å². The molecule has 0 aliphatic carbocycles. The summed E-state index contributed by atoms with van der Waals surface area (Å²) in [6, 6.07) is 8.50. The van der Waals surface area contributed by atoms with Crippen LogP contribution in [0.25, 0.3) is 10.9 Å². The summed E-state index contributed by atoms with van der Waals surface area (Å²) >= 11 is 0. The van der Waals surface area contributed by atoms with Crippen LogP contribution in [0.15, 0.2) is 36.5 Å². The Morgan fingerprint density at radius 1 is 1.27 bits per heavy atom. The van der Waals surface area contributed by atoms with E-state index < -0.39 is 5.97 Å². The smallest absolute Gasteiger partial charge is 0.335 e. The van der Waals surface area contributed by atoms with Crippen LogP contribution in [0, 0.1) is 0 Å². The first-order valence-electron chi connectivity index (χ1n) is 4.85. The van der Waals surface area contributed by atoms with E-state index in [2.05, 4.69) is 4.98 Å². The summed E-state index contributed by atoms with van der Waals surface area (Å²) in [7, 11) is 0. The summed E-state index contributed by atoms with van der Waals surface area (Å²) in [5, 5.41) is 9.57. The highest BCUT2D eigenvalue weighted by Crippen LogP contribution is 2.12. The summed E-state index contributed by atoms with van der Waals surface area (Å²) in [5.41, 5.74) is 1.10. The Morgan fingerprint density at radius 3 is 2.67 bits per heavy atom. The van der Waals surface area contributed by atoms with E-state index >= 15 is 0 Å². The van der Waals surface area contributed by atoms with Crippen molar-refractivity contribution in [2.24, 2.45) is 0 Å². The molecule has 0 saturated carbocycles. The van der Waals surface area contributed by atoms with Crippen molar-refractivity contribution < 1.29 is 9.90 Å². The van der Waals surface area contributed by atoms with Gasteiger partial charge in [0.2, 0.25) is 0 Å². The molecule has 0 fully saturated rings. The minimum atomic E-state index is -0.911. The second-order valence-corrected chi connectivity index (χ2v) is 2.72. The van der Waals surface area contributed by atoms with Crippen molar-refractivity contribution in [1.82, 2.24) is 4.98 Å². The minimum absolute atomic E-state index is 0.292. The lowest BCUT2D eigenvalue weighted by Gasteiger charge is -1.97. The van der Waals surface area contributed by atoms with Gasteiger partial charge < -0.3 is 5.11 Å². The Bertz CT molecular complexity index is 466. The number of fused-ring (bicyclic) bond motifs is 1. The monoisotopic (exact) mass is 203 g/mol. The van der Waals surface area contributed by atoms with Crippen molar-refractivity contribution in [3.05, 3.63) is 42.1 Å². The van der Waals surface area contributed by atoms with Gasteiger partial charge in [0.05, 0.1) is 11.1 Å². The number of hydrogen-bond donors (Lipinski definition) is 1. The molecule has 0 atom stereocenters. The van der Waals surface area contributed by atoms with E-state index in [1.54, 1.807) is 30.5 Å². The van der Waals surface area contributed by atoms with Crippen molar-refractivity contribution in [2.45, 2.75) is 13.8 Å². The molecule has 1 N–H and O–H groups in total. The van der Waals surface area contributed by atoms with Crippen molar-refractivity contribution in [2.75, 3.05) is 0 Å². The lowest BCUT2D eigenvalue weighted by molar-refractivity contribution is 0.0697. The molecular formula is C12H13NO2. The molecule has 1 heterocycles. The van der Waals surface area contributed by atoms with Crippen LogP contribution < -0.4 is 0 Å². The van der Waals surface area contributed by atoms with Crippen molar-refractivity contribution >= 4 is 16.9 Å². The van der Waals surface area contributed by atoms with Gasteiger partial charge in [-0.1, -0.05) is 19.9 Å². The molecular weight excluding hydrogens is 190 g/mol. The zero-order valence-corrected chi connectivity index (χ0v) is 8.77. The lowest BCUT2D eigenvalue weighted by atomic mass is 10.1. The second kappa shape index (κ2) is 5.10. The first kappa shape index (κ1) is 11.2. The number of benzene rings is 1. The SMILES string of the molecule is CC.O=C(O)c1ccc2ncccc2c1. The molecule has 15 heavy (non-hydrogen) atoms. The molecule has 0 unspecified atom stereocenters. The molecule has 0 aliphatic rings. The van der Waals surface area contributed by atoms with Crippen LogP contribution >= 0.6 is 0 Å². The number of carboxylic acids is 1. The third-order valence-corrected chi connectivity index (χ3v) is 1.85. The van der Waals surface area contributed by atoms with Gasteiger partial charge in [-0.15, -0.1) is 0 Å². The molecule has 3 nitrogen and oxygen atoms in total. The summed E-state index contributed by atoms with van der Waals surface area (Å²) in [6.07, 6.45) is 1.68. The molecule has 2 aromatic rings. The highest BCUT2D eigenvalue weighted by Gasteiger charge is 2.02. The van der Waals surface area contributed by atoms with Gasteiger partial charge in [-0.05, 0) is 24.3 Å². The Balaban J connectivity index is 0.000000531. The van der Waals surface area contributed by atoms with Gasteiger partial charge in [0.25, 0.3) is 0 Å². The molecule has 0 amide bonds. The Kier molecular flexibility index (Phi) is 3.80. The van der Waals surface area contributed by atoms with Crippen LogP contribution in [0.5, 0.6) is 0 Å². The molecule has 0 bridgehead atoms. The first-order valence-corrected chi connectivity index (χ1v) is 4.85. The molecule has 78 valence electrons. The average Bonchev–Trinajstić information content (AvgIpc) is 2.31. The number of aromatic carboxylic acids is 1. The number of carbonyl (C=O) groups is 1. The largest absolute Gasteiger partial charge is 0.478 e. The molecule has 0 radical (unpaired) electrons. The van der Waals surface area contributed by atoms with E-state index in [1.165, 1.54) is 0 Å². The predicted molar refractivity (Wildman–Crippen MR) is 60.1 cm³/mol. The van der Waals surface area contributed by atoms with Gasteiger partial charge >= 0.3 is 5.97 Å². The van der Waals surface area contributed by atoms with Crippen LogP contribution in [-0.2, 0) is 0 Å². The fraction of sp³-hybridized carbons (Fsp3) is 0.167. The second-order valence-electron chi connectivity index (χ2n) is 2.72. The normalized spacial score (nSPS) is 9.20. The van der Waals surface area contributed by atoms with Crippen molar-refractivity contribution in [1.29, 1.82) is 0 Å². The molecule has 0 aliphatic heterocycles. The van der Waals surface area contributed by atoms with Crippen LogP contribution in [0.1, 0.15) is 24.2 Å². The topological polar surface area (TPSA) is 50.2 Å². The van der Waals surface area contributed by atoms with E-state index in [1.807, 2.05) is 19.9 Å². The quantitative estimate of drug-likeness (QED) is 0.775. The van der Waals surface area contributed by atoms with E-state index in [-0.39, 0.29) is 0 Å². The molecule has 2 rings (SSSR count). The van der Waals surface area contributed by atoms with Gasteiger partial charge in [-0.25, -0.2) is 4.79 Å². The number of rotatable bonds is 1. The van der Waals surface area contributed by atoms with E-state index in [4.69, 9.17) is 5.11 Å². The third-order valence-electron chi connectivity index (χ3n) is 1.85. The first-order chi connectivity index (χ1) is 7.27. The lowest BCUT2D eigenvalue weighted by Crippen LogP contribution is -1.95. The van der Waals surface area contributed by atoms with E-state index in [0.717, 1.165) is 10.9 Å². The van der Waals surface area contributed by atoms with Gasteiger partial charge in [0.1, 0.15) is 0 Å². The highest BCUT2D eigenvalue weighted by molar-refractivity contribution is 5.93. The summed E-state index contributed by atoms with van der Waals surface area (Å²) in [6.45, 7) is 4.00. The average molecular weight is 203 g/mol. The maximum absolute atomic E-state index is 10.6. The minimum Gasteiger partial charge on any atom is -0.478 e. The van der Waals surface area contributed by atoms with Crippen LogP contribution in [0.4, 0.5) is 0 Å². The maximum atomic E-state index is 10.6. The van der Waals surface area contributed by atoms with Crippen LogP contribution in [-0.4, -0.2) is 16.1 Å². The van der Waals surface area contributed by atoms with Gasteiger partial charge in [-0.3, -0.25) is 4.98 Å². The molecule has 1 aromatic heterocycles. The molecule has 3 heteroatoms. The number of aromatic nitrogens is 1. The number of carboxylic acid groups (broad SMARTS) is 1. The fourth-order valence-corrected chi connectivity index (χ4v) is 1.21. The molecule has 1 aromatic carbocycles. The molecule has 0 spiro atoms. The van der Waals surface area contributed by atoms with Crippen LogP contribution in [0.3, 0.4) is 0 Å². The van der Waals surface area contributed by atoms with Crippen LogP contribution in [0.2, 0.25) is 0 Å². The summed E-state index contributed by atoms with van der Waals surface area (Å²) in [5.74, 6) is -0.911. The van der Waals surface area contributed by atoms with Crippen molar-refractivity contribution in [3.8, 4) is 0 Å². The summed E-state index contributed by atoms with van der Waals surface area (Å²) in [4.78, 5) is 14.7. The Hall–Kier alpha value is -1.90. The highest BCUT2D eigenvalue weighted by atomic mass is 16.4. The third kappa shape index (κ3) is 2.53. The summed E-state index contributed by atoms with van der Waals surface area (Å²) < 4.78 is 0. The van der Waals surface area contributed by atoms with E-state index in [9.17, 15) is 4.79 Å². The van der Waals surface area contributed by atoms with Gasteiger partial charge in [0.15, 0.2) is 0 Å². The number of pyridine rings is 1. The maximum Gasteiger partial charge on any atom is 0.335 e. The predicted octanol–water partition coefficient (Wildman–Crippen LogP) is 2.96. The molecule has 0 saturated heterocycles. The van der Waals surface area contributed by atoms with Gasteiger partial charge in [0, 0.05) is 11.6 Å². The standard InChI is InChI=1S/C10H7NO2.C2H6/c12-10(13)8-3-4-9-7(6-8)2-1-5-11-9;1-2/h1-6H,(H,12,13);1-2H3. The number of nitrogens with zero attached hydrogens (tertiary/aromatic N) is 1. The van der Waals surface area contributed by atoms with Gasteiger partial charge in [-0.2, -0.15) is 0 Å².